The molecule has 0 saturated carbocycles. The molecule has 132 valence electrons. The van der Waals surface area contributed by atoms with E-state index in [1.807, 2.05) is 18.2 Å². The molecule has 0 N–H and O–H groups in total. The van der Waals surface area contributed by atoms with Crippen molar-refractivity contribution in [1.29, 1.82) is 0 Å². The molecule has 0 unspecified atom stereocenters. The molecule has 0 radical (unpaired) electrons. The minimum atomic E-state index is -2.38. The molecule has 5 nitrogen and oxygen atoms in total. The van der Waals surface area contributed by atoms with E-state index >= 15 is 0 Å². The predicted molar refractivity (Wildman–Crippen MR) is 96.6 cm³/mol. The summed E-state index contributed by atoms with van der Waals surface area (Å²) in [5, 5.41) is 1.19. The molecule has 3 aliphatic rings. The maximum atomic E-state index is 12.8. The van der Waals surface area contributed by atoms with Crippen molar-refractivity contribution in [2.45, 2.75) is 37.3 Å². The molecule has 1 aromatic heterocycles. The van der Waals surface area contributed by atoms with Gasteiger partial charge in [0.15, 0.2) is 0 Å². The Hall–Kier alpha value is -2.01. The van der Waals surface area contributed by atoms with Gasteiger partial charge in [-0.3, -0.25) is 4.90 Å². The number of hydrogen-bond donors (Lipinski definition) is 0. The van der Waals surface area contributed by atoms with Gasteiger partial charge in [-0.15, -0.1) is 0 Å². The fourth-order valence-electron chi connectivity index (χ4n) is 5.02. The average molecular weight is 345 g/mol. The summed E-state index contributed by atoms with van der Waals surface area (Å²) in [4.78, 5) is 18.0. The van der Waals surface area contributed by atoms with Crippen molar-refractivity contribution >= 4 is 17.0 Å². The van der Waals surface area contributed by atoms with Crippen molar-refractivity contribution in [3.63, 3.8) is 0 Å². The Morgan fingerprint density at radius 2 is 2.08 bits per heavy atom. The van der Waals surface area contributed by atoms with Crippen molar-refractivity contribution in [2.75, 3.05) is 33.7 Å². The molecule has 25 heavy (non-hydrogen) atoms. The van der Waals surface area contributed by atoms with Crippen LogP contribution in [0.25, 0.3) is 11.0 Å². The van der Waals surface area contributed by atoms with E-state index in [-0.39, 0.29) is 24.2 Å². The SMILES string of the molecule is [3H]C([3H])([3H])N1CC[C@@]2(CCN3CCc4c(oc5ccccc45)[C@H]3C2)N(C)C1=O. The van der Waals surface area contributed by atoms with Crippen LogP contribution < -0.4 is 0 Å². The molecule has 2 saturated heterocycles. The van der Waals surface area contributed by atoms with E-state index in [1.165, 1.54) is 10.9 Å². The summed E-state index contributed by atoms with van der Waals surface area (Å²) in [5.74, 6) is 1.03. The maximum Gasteiger partial charge on any atom is 0.319 e. The Bertz CT molecular complexity index is 940. The quantitative estimate of drug-likeness (QED) is 0.736. The van der Waals surface area contributed by atoms with Gasteiger partial charge in [0, 0.05) is 54.3 Å². The summed E-state index contributed by atoms with van der Waals surface area (Å²) in [6.45, 7) is -0.216. The molecule has 0 aliphatic carbocycles. The van der Waals surface area contributed by atoms with Gasteiger partial charge in [-0.25, -0.2) is 4.79 Å². The van der Waals surface area contributed by atoms with Crippen LogP contribution in [0.3, 0.4) is 0 Å². The van der Waals surface area contributed by atoms with Gasteiger partial charge in [-0.05, 0) is 31.7 Å². The molecule has 4 heterocycles. The summed E-state index contributed by atoms with van der Waals surface area (Å²) in [6.07, 6.45) is 3.32. The van der Waals surface area contributed by atoms with E-state index in [4.69, 9.17) is 8.53 Å². The van der Waals surface area contributed by atoms with Gasteiger partial charge in [0.25, 0.3) is 0 Å². The van der Waals surface area contributed by atoms with E-state index in [9.17, 15) is 4.79 Å². The standard InChI is InChI=1S/C20H25N3O2/c1-21-11-8-20(22(2)19(21)24)9-12-23-10-7-15-14-5-3-4-6-17(14)25-18(15)16(23)13-20/h3-6,16H,7-13H2,1-2H3/t16-,20+/m1/s1/i1T3. The molecule has 2 atom stereocenters. The first kappa shape index (κ1) is 12.4. The fourth-order valence-corrected chi connectivity index (χ4v) is 5.02. The van der Waals surface area contributed by atoms with Crippen LogP contribution in [0.2, 0.25) is 0 Å². The van der Waals surface area contributed by atoms with Gasteiger partial charge in [0.2, 0.25) is 0 Å². The van der Waals surface area contributed by atoms with Crippen LogP contribution in [-0.4, -0.2) is 59.9 Å². The monoisotopic (exact) mass is 345 g/mol. The lowest BCUT2D eigenvalue weighted by molar-refractivity contribution is -0.0185. The third kappa shape index (κ3) is 2.08. The van der Waals surface area contributed by atoms with Crippen molar-refractivity contribution in [3.05, 3.63) is 35.6 Å². The van der Waals surface area contributed by atoms with Crippen LogP contribution >= 0.6 is 0 Å². The summed E-state index contributed by atoms with van der Waals surface area (Å²) < 4.78 is 29.2. The molecule has 2 aromatic rings. The second-order valence-corrected chi connectivity index (χ2v) is 7.66. The molecule has 1 spiro atoms. The number of rotatable bonds is 0. The van der Waals surface area contributed by atoms with Crippen molar-refractivity contribution < 1.29 is 13.3 Å². The molecular formula is C20H25N3O2. The van der Waals surface area contributed by atoms with Crippen LogP contribution in [0, 0.1) is 0 Å². The number of hydrogen-bond acceptors (Lipinski definition) is 3. The van der Waals surface area contributed by atoms with Crippen LogP contribution in [0.4, 0.5) is 4.79 Å². The summed E-state index contributed by atoms with van der Waals surface area (Å²) in [7, 11) is 1.76. The van der Waals surface area contributed by atoms with E-state index in [0.717, 1.165) is 48.6 Å². The van der Waals surface area contributed by atoms with Crippen molar-refractivity contribution in [3.8, 4) is 0 Å². The maximum absolute atomic E-state index is 12.8. The summed E-state index contributed by atoms with van der Waals surface area (Å²) >= 11 is 0. The number of piperidine rings is 1. The number of fused-ring (bicyclic) bond motifs is 5. The van der Waals surface area contributed by atoms with Crippen LogP contribution in [0.5, 0.6) is 0 Å². The fraction of sp³-hybridized carbons (Fsp3) is 0.550. The lowest BCUT2D eigenvalue weighted by Crippen LogP contribution is -2.63. The zero-order valence-electron chi connectivity index (χ0n) is 17.5. The Morgan fingerprint density at radius 1 is 1.24 bits per heavy atom. The van der Waals surface area contributed by atoms with Crippen LogP contribution in [0.1, 0.15) is 40.7 Å². The molecular weight excluding hydrogens is 314 g/mol. The highest BCUT2D eigenvalue weighted by Gasteiger charge is 2.49. The molecule has 3 aliphatic heterocycles. The highest BCUT2D eigenvalue weighted by Crippen LogP contribution is 2.47. The van der Waals surface area contributed by atoms with E-state index in [2.05, 4.69) is 11.0 Å². The second kappa shape index (κ2) is 5.24. The largest absolute Gasteiger partial charge is 0.459 e. The number of furan rings is 1. The highest BCUT2D eigenvalue weighted by atomic mass is 16.3. The van der Waals surface area contributed by atoms with Crippen molar-refractivity contribution in [1.82, 2.24) is 14.7 Å². The van der Waals surface area contributed by atoms with Gasteiger partial charge < -0.3 is 14.2 Å². The number of carbonyl (C=O) groups excluding carboxylic acids is 1. The predicted octanol–water partition coefficient (Wildman–Crippen LogP) is 3.25. The van der Waals surface area contributed by atoms with Gasteiger partial charge in [-0.2, -0.15) is 0 Å². The summed E-state index contributed by atoms with van der Waals surface area (Å²) in [5.41, 5.74) is 1.91. The zero-order chi connectivity index (χ0) is 19.7. The highest BCUT2D eigenvalue weighted by molar-refractivity contribution is 5.82. The van der Waals surface area contributed by atoms with Crippen LogP contribution in [0.15, 0.2) is 28.7 Å². The smallest absolute Gasteiger partial charge is 0.319 e. The molecule has 1 aromatic carbocycles. The number of nitrogens with zero attached hydrogens (tertiary/aromatic N) is 3. The Labute approximate surface area is 152 Å². The average Bonchev–Trinajstić information content (AvgIpc) is 3.04. The molecule has 5 heteroatoms. The first-order chi connectivity index (χ1) is 13.3. The third-order valence-electron chi connectivity index (χ3n) is 6.59. The Kier molecular flexibility index (Phi) is 2.59. The van der Waals surface area contributed by atoms with Crippen LogP contribution in [-0.2, 0) is 6.42 Å². The first-order valence-electron chi connectivity index (χ1n) is 10.6. The molecule has 5 rings (SSSR count). The topological polar surface area (TPSA) is 39.9 Å². The number of amides is 2. The number of benzene rings is 1. The van der Waals surface area contributed by atoms with Crippen molar-refractivity contribution in [2.24, 2.45) is 0 Å². The lowest BCUT2D eigenvalue weighted by atomic mass is 9.76. The molecule has 2 amide bonds. The van der Waals surface area contributed by atoms with Gasteiger partial charge >= 0.3 is 6.03 Å². The zero-order valence-corrected chi connectivity index (χ0v) is 14.5. The number of urea groups is 1. The molecule has 2 fully saturated rings. The van der Waals surface area contributed by atoms with E-state index in [0.29, 0.717) is 6.42 Å². The third-order valence-corrected chi connectivity index (χ3v) is 6.59. The number of carbonyl (C=O) groups is 1. The lowest BCUT2D eigenvalue weighted by Gasteiger charge is -2.54. The second-order valence-electron chi connectivity index (χ2n) is 7.66. The first-order valence-corrected chi connectivity index (χ1v) is 9.10. The van der Waals surface area contributed by atoms with E-state index in [1.54, 1.807) is 11.9 Å². The minimum Gasteiger partial charge on any atom is -0.459 e. The Balaban J connectivity index is 1.49. The van der Waals surface area contributed by atoms with E-state index < -0.39 is 6.98 Å². The molecule has 0 bridgehead atoms. The number of para-hydroxylation sites is 1. The van der Waals surface area contributed by atoms with Gasteiger partial charge in [0.1, 0.15) is 11.3 Å². The Morgan fingerprint density at radius 3 is 2.96 bits per heavy atom. The summed E-state index contributed by atoms with van der Waals surface area (Å²) in [6, 6.07) is 7.93. The van der Waals surface area contributed by atoms with Gasteiger partial charge in [0.05, 0.1) is 6.04 Å². The minimum absolute atomic E-state index is 0.138. The van der Waals surface area contributed by atoms with Gasteiger partial charge in [-0.1, -0.05) is 18.2 Å². The normalized spacial score (nSPS) is 32.3.